The fraction of sp³-hybridized carbons (Fsp3) is 0.333. The molecule has 2 amide bonds. The molecule has 0 N–H and O–H groups in total. The number of anilines is 1. The number of morpholine rings is 1. The number of carbonyl (C=O) groups excluding carboxylic acids is 2. The van der Waals surface area contributed by atoms with Crippen LogP contribution in [0.1, 0.15) is 5.56 Å². The van der Waals surface area contributed by atoms with Crippen molar-refractivity contribution in [3.05, 3.63) is 11.8 Å². The molecule has 1 fully saturated rings. The molecule has 0 radical (unpaired) electrons. The van der Waals surface area contributed by atoms with Crippen molar-refractivity contribution in [3.63, 3.8) is 0 Å². The molecule has 0 spiro atoms. The number of aromatic nitrogens is 2. The molecule has 7 heteroatoms. The van der Waals surface area contributed by atoms with Crippen molar-refractivity contribution in [2.24, 2.45) is 7.05 Å². The number of nitrogens with zero attached hydrogens (tertiary/aromatic N) is 4. The van der Waals surface area contributed by atoms with Gasteiger partial charge in [0.15, 0.2) is 5.82 Å². The minimum absolute atomic E-state index is 0.165. The normalized spacial score (nSPS) is 16.4. The predicted molar refractivity (Wildman–Crippen MR) is 51.2 cm³/mol. The van der Waals surface area contributed by atoms with Crippen molar-refractivity contribution >= 4 is 17.6 Å². The first-order chi connectivity index (χ1) is 7.65. The monoisotopic (exact) mass is 220 g/mol. The van der Waals surface area contributed by atoms with E-state index in [1.165, 1.54) is 10.9 Å². The Morgan fingerprint density at radius 3 is 2.62 bits per heavy atom. The number of nitriles is 1. The number of hydrogen-bond donors (Lipinski definition) is 0. The first-order valence-electron chi connectivity index (χ1n) is 4.50. The Kier molecular flexibility index (Phi) is 2.42. The lowest BCUT2D eigenvalue weighted by molar-refractivity contribution is -0.138. The summed E-state index contributed by atoms with van der Waals surface area (Å²) in [5, 5.41) is 12.7. The van der Waals surface area contributed by atoms with Gasteiger partial charge in [0.2, 0.25) is 0 Å². The van der Waals surface area contributed by atoms with Gasteiger partial charge in [-0.15, -0.1) is 0 Å². The van der Waals surface area contributed by atoms with Gasteiger partial charge >= 0.3 is 0 Å². The Bertz CT molecular complexity index is 483. The molecule has 0 bridgehead atoms. The molecule has 1 saturated heterocycles. The van der Waals surface area contributed by atoms with E-state index in [4.69, 9.17) is 10.00 Å². The van der Waals surface area contributed by atoms with Crippen LogP contribution in [0.15, 0.2) is 6.20 Å². The first kappa shape index (κ1) is 10.3. The number of aryl methyl sites for hydroxylation is 1. The molecule has 2 rings (SSSR count). The highest BCUT2D eigenvalue weighted by Crippen LogP contribution is 2.20. The topological polar surface area (TPSA) is 88.2 Å². The van der Waals surface area contributed by atoms with E-state index in [2.05, 4.69) is 5.10 Å². The van der Waals surface area contributed by atoms with Gasteiger partial charge in [-0.05, 0) is 0 Å². The fourth-order valence-corrected chi connectivity index (χ4v) is 1.51. The second-order valence-corrected chi connectivity index (χ2v) is 3.23. The molecule has 16 heavy (non-hydrogen) atoms. The molecular formula is C9H8N4O3. The average molecular weight is 220 g/mol. The summed E-state index contributed by atoms with van der Waals surface area (Å²) in [5.74, 6) is -0.784. The molecule has 2 heterocycles. The number of imide groups is 1. The minimum atomic E-state index is -0.489. The number of hydrogen-bond acceptors (Lipinski definition) is 5. The molecular weight excluding hydrogens is 212 g/mol. The third-order valence-corrected chi connectivity index (χ3v) is 2.19. The van der Waals surface area contributed by atoms with E-state index in [0.717, 1.165) is 4.90 Å². The summed E-state index contributed by atoms with van der Waals surface area (Å²) in [6.45, 7) is -0.330. The molecule has 7 nitrogen and oxygen atoms in total. The second-order valence-electron chi connectivity index (χ2n) is 3.23. The average Bonchev–Trinajstić information content (AvgIpc) is 2.60. The zero-order valence-electron chi connectivity index (χ0n) is 8.51. The molecule has 1 aromatic heterocycles. The van der Waals surface area contributed by atoms with Gasteiger partial charge in [0.1, 0.15) is 24.8 Å². The Morgan fingerprint density at radius 2 is 2.06 bits per heavy atom. The van der Waals surface area contributed by atoms with Crippen LogP contribution >= 0.6 is 0 Å². The number of carbonyl (C=O) groups is 2. The van der Waals surface area contributed by atoms with E-state index in [-0.39, 0.29) is 24.6 Å². The largest absolute Gasteiger partial charge is 0.362 e. The minimum Gasteiger partial charge on any atom is -0.362 e. The van der Waals surface area contributed by atoms with Crippen LogP contribution in [0.3, 0.4) is 0 Å². The summed E-state index contributed by atoms with van der Waals surface area (Å²) < 4.78 is 6.10. The van der Waals surface area contributed by atoms with Crippen molar-refractivity contribution < 1.29 is 14.3 Å². The quantitative estimate of drug-likeness (QED) is 0.577. The van der Waals surface area contributed by atoms with Gasteiger partial charge in [-0.1, -0.05) is 0 Å². The van der Waals surface area contributed by atoms with Crippen LogP contribution < -0.4 is 4.90 Å². The Hall–Kier alpha value is -2.20. The maximum absolute atomic E-state index is 11.6. The van der Waals surface area contributed by atoms with E-state index in [9.17, 15) is 9.59 Å². The van der Waals surface area contributed by atoms with Crippen LogP contribution in [0.25, 0.3) is 0 Å². The van der Waals surface area contributed by atoms with Gasteiger partial charge in [0, 0.05) is 7.05 Å². The summed E-state index contributed by atoms with van der Waals surface area (Å²) in [7, 11) is 1.56. The van der Waals surface area contributed by atoms with Crippen molar-refractivity contribution in [2.45, 2.75) is 0 Å². The van der Waals surface area contributed by atoms with Crippen molar-refractivity contribution in [1.29, 1.82) is 5.26 Å². The van der Waals surface area contributed by atoms with Crippen LogP contribution in [-0.4, -0.2) is 34.8 Å². The number of ether oxygens (including phenoxy) is 1. The molecule has 1 aliphatic rings. The summed E-state index contributed by atoms with van der Waals surface area (Å²) in [6.07, 6.45) is 1.31. The number of rotatable bonds is 1. The summed E-state index contributed by atoms with van der Waals surface area (Å²) in [5.41, 5.74) is 0.186. The van der Waals surface area contributed by atoms with E-state index in [0.29, 0.717) is 0 Å². The maximum atomic E-state index is 11.6. The zero-order chi connectivity index (χ0) is 11.7. The van der Waals surface area contributed by atoms with Crippen molar-refractivity contribution in [1.82, 2.24) is 9.78 Å². The van der Waals surface area contributed by atoms with Crippen molar-refractivity contribution in [2.75, 3.05) is 18.1 Å². The van der Waals surface area contributed by atoms with Gasteiger partial charge in [-0.25, -0.2) is 4.90 Å². The third kappa shape index (κ3) is 1.45. The SMILES string of the molecule is Cn1ncc(C#N)c1N1C(=O)COCC1=O. The molecule has 1 aliphatic heterocycles. The van der Waals surface area contributed by atoms with Gasteiger partial charge < -0.3 is 4.74 Å². The van der Waals surface area contributed by atoms with E-state index < -0.39 is 11.8 Å². The predicted octanol–water partition coefficient (Wildman–Crippen LogP) is -0.818. The highest BCUT2D eigenvalue weighted by atomic mass is 16.5. The fourth-order valence-electron chi connectivity index (χ4n) is 1.51. The molecule has 0 aromatic carbocycles. The van der Waals surface area contributed by atoms with Crippen molar-refractivity contribution in [3.8, 4) is 6.07 Å². The maximum Gasteiger partial charge on any atom is 0.261 e. The van der Waals surface area contributed by atoms with E-state index >= 15 is 0 Å². The lowest BCUT2D eigenvalue weighted by Gasteiger charge is -2.24. The van der Waals surface area contributed by atoms with Crippen LogP contribution in [0.2, 0.25) is 0 Å². The molecule has 0 atom stereocenters. The smallest absolute Gasteiger partial charge is 0.261 e. The summed E-state index contributed by atoms with van der Waals surface area (Å²) in [6, 6.07) is 1.88. The molecule has 1 aromatic rings. The molecule has 0 unspecified atom stereocenters. The first-order valence-corrected chi connectivity index (χ1v) is 4.50. The number of amides is 2. The third-order valence-electron chi connectivity index (χ3n) is 2.19. The Morgan fingerprint density at radius 1 is 1.44 bits per heavy atom. The Balaban J connectivity index is 2.50. The summed E-state index contributed by atoms with van der Waals surface area (Å²) >= 11 is 0. The highest BCUT2D eigenvalue weighted by molar-refractivity contribution is 6.17. The van der Waals surface area contributed by atoms with Gasteiger partial charge in [0.25, 0.3) is 11.8 Å². The highest BCUT2D eigenvalue weighted by Gasteiger charge is 2.32. The lowest BCUT2D eigenvalue weighted by atomic mass is 10.3. The van der Waals surface area contributed by atoms with Gasteiger partial charge in [-0.2, -0.15) is 10.4 Å². The molecule has 82 valence electrons. The summed E-state index contributed by atoms with van der Waals surface area (Å²) in [4.78, 5) is 24.0. The lowest BCUT2D eigenvalue weighted by Crippen LogP contribution is -2.47. The van der Waals surface area contributed by atoms with E-state index in [1.54, 1.807) is 7.05 Å². The van der Waals surface area contributed by atoms with Crippen LogP contribution in [-0.2, 0) is 21.4 Å². The second kappa shape index (κ2) is 3.75. The molecule has 0 aliphatic carbocycles. The Labute approximate surface area is 90.8 Å². The van der Waals surface area contributed by atoms with Gasteiger partial charge in [0.05, 0.1) is 6.20 Å². The van der Waals surface area contributed by atoms with E-state index in [1.807, 2.05) is 6.07 Å². The van der Waals surface area contributed by atoms with Gasteiger partial charge in [-0.3, -0.25) is 14.3 Å². The zero-order valence-corrected chi connectivity index (χ0v) is 8.51. The van der Waals surface area contributed by atoms with Crippen LogP contribution in [0.5, 0.6) is 0 Å². The molecule has 0 saturated carbocycles. The van der Waals surface area contributed by atoms with Crippen LogP contribution in [0.4, 0.5) is 5.82 Å². The van der Waals surface area contributed by atoms with Crippen LogP contribution in [0, 0.1) is 11.3 Å². The standard InChI is InChI=1S/C9H8N4O3/c1-12-9(6(2-10)3-11-12)13-7(14)4-16-5-8(13)15/h3H,4-5H2,1H3.